The van der Waals surface area contributed by atoms with Crippen LogP contribution in [0.3, 0.4) is 0 Å². The first kappa shape index (κ1) is 28.0. The Morgan fingerprint density at radius 1 is 0.949 bits per heavy atom. The van der Waals surface area contributed by atoms with Crippen molar-refractivity contribution >= 4 is 40.0 Å². The quantitative estimate of drug-likeness (QED) is 0.192. The van der Waals surface area contributed by atoms with Crippen molar-refractivity contribution in [3.63, 3.8) is 0 Å². The Morgan fingerprint density at radius 3 is 2.31 bits per heavy atom. The molecule has 0 aliphatic carbocycles. The number of benzene rings is 2. The second-order valence-electron chi connectivity index (χ2n) is 8.03. The molecule has 0 fully saturated rings. The molecule has 0 radical (unpaired) electrons. The highest BCUT2D eigenvalue weighted by molar-refractivity contribution is 7.99. The van der Waals surface area contributed by atoms with Gasteiger partial charge >= 0.3 is 5.97 Å². The first-order valence-corrected chi connectivity index (χ1v) is 13.7. The van der Waals surface area contributed by atoms with E-state index in [9.17, 15) is 9.59 Å². The highest BCUT2D eigenvalue weighted by atomic mass is 32.2. The molecule has 39 heavy (non-hydrogen) atoms. The highest BCUT2D eigenvalue weighted by Crippen LogP contribution is 2.37. The van der Waals surface area contributed by atoms with E-state index in [0.717, 1.165) is 11.1 Å². The fourth-order valence-corrected chi connectivity index (χ4v) is 5.68. The number of amides is 1. The molecule has 0 saturated heterocycles. The van der Waals surface area contributed by atoms with Crippen LogP contribution < -0.4 is 19.5 Å². The Hall–Kier alpha value is -4.03. The van der Waals surface area contributed by atoms with Gasteiger partial charge in [-0.25, -0.2) is 4.79 Å². The second-order valence-corrected chi connectivity index (χ2v) is 9.85. The van der Waals surface area contributed by atoms with Gasteiger partial charge in [-0.15, -0.1) is 21.5 Å². The summed E-state index contributed by atoms with van der Waals surface area (Å²) in [6.45, 7) is 2.58. The van der Waals surface area contributed by atoms with Crippen LogP contribution >= 0.6 is 23.1 Å². The molecule has 2 aromatic carbocycles. The van der Waals surface area contributed by atoms with Crippen molar-refractivity contribution in [3.05, 3.63) is 53.4 Å². The summed E-state index contributed by atoms with van der Waals surface area (Å²) in [5.41, 5.74) is 2.59. The number of anilines is 1. The predicted molar refractivity (Wildman–Crippen MR) is 151 cm³/mol. The van der Waals surface area contributed by atoms with Crippen molar-refractivity contribution in [2.45, 2.75) is 18.6 Å². The molecule has 204 valence electrons. The first-order valence-electron chi connectivity index (χ1n) is 11.9. The van der Waals surface area contributed by atoms with Crippen LogP contribution in [0.25, 0.3) is 22.5 Å². The summed E-state index contributed by atoms with van der Waals surface area (Å²) in [4.78, 5) is 25.6. The van der Waals surface area contributed by atoms with E-state index in [1.807, 2.05) is 59.3 Å². The van der Waals surface area contributed by atoms with E-state index in [-0.39, 0.29) is 11.7 Å². The highest BCUT2D eigenvalue weighted by Gasteiger charge is 2.23. The van der Waals surface area contributed by atoms with Crippen LogP contribution in [0.1, 0.15) is 17.3 Å². The maximum atomic E-state index is 12.9. The Kier molecular flexibility index (Phi) is 9.10. The van der Waals surface area contributed by atoms with Crippen molar-refractivity contribution in [2.75, 3.05) is 39.5 Å². The number of hydrogen-bond donors (Lipinski definition) is 1. The van der Waals surface area contributed by atoms with Crippen LogP contribution in [0.2, 0.25) is 0 Å². The summed E-state index contributed by atoms with van der Waals surface area (Å²) in [7, 11) is 6.05. The number of esters is 1. The van der Waals surface area contributed by atoms with Crippen molar-refractivity contribution in [1.29, 1.82) is 0 Å². The van der Waals surface area contributed by atoms with Crippen molar-refractivity contribution in [2.24, 2.45) is 0 Å². The minimum atomic E-state index is -0.532. The topological polar surface area (TPSA) is 114 Å². The van der Waals surface area contributed by atoms with Crippen LogP contribution in [0.4, 0.5) is 5.00 Å². The van der Waals surface area contributed by atoms with Crippen LogP contribution in [-0.4, -0.2) is 60.8 Å². The molecule has 0 atom stereocenters. The van der Waals surface area contributed by atoms with Gasteiger partial charge in [-0.2, -0.15) is 0 Å². The molecule has 4 rings (SSSR count). The van der Waals surface area contributed by atoms with Crippen molar-refractivity contribution in [1.82, 2.24) is 14.8 Å². The lowest BCUT2D eigenvalue weighted by Crippen LogP contribution is -2.16. The monoisotopic (exact) mass is 568 g/mol. The van der Waals surface area contributed by atoms with Gasteiger partial charge in [0, 0.05) is 23.1 Å². The fourth-order valence-electron chi connectivity index (χ4n) is 3.90. The number of nitrogens with one attached hydrogen (secondary N) is 1. The number of hydrogen-bond acceptors (Lipinski definition) is 10. The Bertz CT molecular complexity index is 1470. The lowest BCUT2D eigenvalue weighted by molar-refractivity contribution is -0.113. The number of carbonyl (C=O) groups is 2. The molecule has 0 aliphatic heterocycles. The third-order valence-corrected chi connectivity index (χ3v) is 7.70. The van der Waals surface area contributed by atoms with Gasteiger partial charge in [0.05, 0.1) is 34.2 Å². The Labute approximate surface area is 234 Å². The van der Waals surface area contributed by atoms with Gasteiger partial charge < -0.3 is 28.8 Å². The van der Waals surface area contributed by atoms with Crippen molar-refractivity contribution < 1.29 is 28.5 Å². The van der Waals surface area contributed by atoms with E-state index >= 15 is 0 Å². The maximum Gasteiger partial charge on any atom is 0.341 e. The average Bonchev–Trinajstić information content (AvgIpc) is 3.59. The van der Waals surface area contributed by atoms with Gasteiger partial charge in [-0.3, -0.25) is 4.79 Å². The largest absolute Gasteiger partial charge is 0.497 e. The number of thioether (sulfide) groups is 1. The number of aromatic nitrogens is 3. The molecular formula is C27H28N4O6S2. The Morgan fingerprint density at radius 2 is 1.67 bits per heavy atom. The molecule has 0 unspecified atom stereocenters. The van der Waals surface area contributed by atoms with E-state index < -0.39 is 5.97 Å². The molecule has 0 spiro atoms. The van der Waals surface area contributed by atoms with Crippen LogP contribution in [0.15, 0.2) is 53.0 Å². The number of ether oxygens (including phenoxy) is 4. The molecule has 0 aliphatic rings. The van der Waals surface area contributed by atoms with Gasteiger partial charge in [0.1, 0.15) is 16.3 Å². The number of carbonyl (C=O) groups excluding carboxylic acids is 2. The number of thiophene rings is 1. The zero-order valence-electron chi connectivity index (χ0n) is 22.1. The summed E-state index contributed by atoms with van der Waals surface area (Å²) < 4.78 is 22.9. The number of methoxy groups -OCH3 is 4. The SMILES string of the molecule is CCn1c(SCC(=O)Nc2scc(-c3ccc(OC)cc3)c2C(=O)OC)nnc1-c1ccc(OC)c(OC)c1. The third-order valence-electron chi connectivity index (χ3n) is 5.84. The van der Waals surface area contributed by atoms with Crippen LogP contribution in [-0.2, 0) is 16.1 Å². The predicted octanol–water partition coefficient (Wildman–Crippen LogP) is 5.24. The Balaban J connectivity index is 1.51. The molecule has 2 heterocycles. The second kappa shape index (κ2) is 12.7. The molecular weight excluding hydrogens is 540 g/mol. The summed E-state index contributed by atoms with van der Waals surface area (Å²) in [6, 6.07) is 12.8. The lowest BCUT2D eigenvalue weighted by atomic mass is 10.0. The van der Waals surface area contributed by atoms with E-state index in [2.05, 4.69) is 15.5 Å². The van der Waals surface area contributed by atoms with Gasteiger partial charge in [0.25, 0.3) is 0 Å². The number of nitrogens with zero attached hydrogens (tertiary/aromatic N) is 3. The van der Waals surface area contributed by atoms with Crippen LogP contribution in [0, 0.1) is 0 Å². The molecule has 2 aromatic heterocycles. The molecule has 0 saturated carbocycles. The number of rotatable bonds is 11. The normalized spacial score (nSPS) is 10.7. The van der Waals surface area contributed by atoms with Crippen molar-refractivity contribution in [3.8, 4) is 39.8 Å². The van der Waals surface area contributed by atoms with Gasteiger partial charge in [0.15, 0.2) is 22.5 Å². The third kappa shape index (κ3) is 6.02. The molecule has 10 nitrogen and oxygen atoms in total. The minimum absolute atomic E-state index is 0.0699. The molecule has 12 heteroatoms. The van der Waals surface area contributed by atoms with E-state index in [0.29, 0.717) is 50.9 Å². The summed E-state index contributed by atoms with van der Waals surface area (Å²) in [5.74, 6) is 1.80. The van der Waals surface area contributed by atoms with Gasteiger partial charge in [0.2, 0.25) is 5.91 Å². The smallest absolute Gasteiger partial charge is 0.341 e. The molecule has 1 amide bonds. The van der Waals surface area contributed by atoms with Gasteiger partial charge in [-0.05, 0) is 42.8 Å². The van der Waals surface area contributed by atoms with Gasteiger partial charge in [-0.1, -0.05) is 23.9 Å². The average molecular weight is 569 g/mol. The first-order chi connectivity index (χ1) is 18.9. The van der Waals surface area contributed by atoms with E-state index in [4.69, 9.17) is 18.9 Å². The molecule has 0 bridgehead atoms. The van der Waals surface area contributed by atoms with Crippen LogP contribution in [0.5, 0.6) is 17.2 Å². The lowest BCUT2D eigenvalue weighted by Gasteiger charge is -2.11. The molecule has 1 N–H and O–H groups in total. The summed E-state index contributed by atoms with van der Waals surface area (Å²) in [5, 5.41) is 14.3. The minimum Gasteiger partial charge on any atom is -0.497 e. The standard InChI is InChI=1S/C27H28N4O6S2/c1-6-31-24(17-9-12-20(35-3)21(13-17)36-4)29-30-27(31)39-15-22(32)28-25-23(26(33)37-5)19(14-38-25)16-7-10-18(34-2)11-8-16/h7-14H,6,15H2,1-5H3,(H,28,32). The van der Waals surface area contributed by atoms with E-state index in [1.165, 1.54) is 30.2 Å². The summed E-state index contributed by atoms with van der Waals surface area (Å²) >= 11 is 2.52. The maximum absolute atomic E-state index is 12.9. The molecule has 4 aromatic rings. The zero-order valence-corrected chi connectivity index (χ0v) is 23.8. The zero-order chi connectivity index (χ0) is 27.9. The fraction of sp³-hybridized carbons (Fsp3) is 0.259. The summed E-state index contributed by atoms with van der Waals surface area (Å²) in [6.07, 6.45) is 0. The van der Waals surface area contributed by atoms with E-state index in [1.54, 1.807) is 21.3 Å².